The second-order valence-corrected chi connectivity index (χ2v) is 13.9. The maximum absolute atomic E-state index is 13.3. The molecule has 2 atom stereocenters. The quantitative estimate of drug-likeness (QED) is 0.419. The van der Waals surface area contributed by atoms with Gasteiger partial charge in [-0.15, -0.1) is 0 Å². The van der Waals surface area contributed by atoms with Gasteiger partial charge in [0.25, 0.3) is 0 Å². The average molecular weight is 562 g/mol. The number of nitriles is 1. The van der Waals surface area contributed by atoms with Crippen LogP contribution in [0, 0.1) is 23.2 Å². The van der Waals surface area contributed by atoms with Gasteiger partial charge in [-0.3, -0.25) is 0 Å². The lowest BCUT2D eigenvalue weighted by atomic mass is 9.93. The van der Waals surface area contributed by atoms with Crippen LogP contribution in [0.15, 0.2) is 52.3 Å². The van der Waals surface area contributed by atoms with Gasteiger partial charge in [-0.1, -0.05) is 6.07 Å². The van der Waals surface area contributed by atoms with E-state index in [1.54, 1.807) is 32.4 Å². The third-order valence-corrected chi connectivity index (χ3v) is 10.8. The Morgan fingerprint density at radius 2 is 1.53 bits per heavy atom. The van der Waals surface area contributed by atoms with Gasteiger partial charge in [0, 0.05) is 33.4 Å². The zero-order chi connectivity index (χ0) is 27.3. The largest absolute Gasteiger partial charge is 0.380 e. The second kappa shape index (κ2) is 12.2. The number of nitrogens with zero attached hydrogens (tertiary/aromatic N) is 2. The first kappa shape index (κ1) is 28.7. The van der Waals surface area contributed by atoms with Crippen molar-refractivity contribution in [2.75, 3.05) is 39.6 Å². The van der Waals surface area contributed by atoms with Gasteiger partial charge in [-0.25, -0.2) is 21.6 Å². The summed E-state index contributed by atoms with van der Waals surface area (Å²) in [6, 6.07) is 12.9. The highest BCUT2D eigenvalue weighted by Crippen LogP contribution is 2.38. The van der Waals surface area contributed by atoms with E-state index in [9.17, 15) is 16.8 Å². The molecular formula is C27H35N3O6S2. The van der Waals surface area contributed by atoms with E-state index < -0.39 is 19.9 Å². The van der Waals surface area contributed by atoms with Gasteiger partial charge in [-0.2, -0.15) is 5.26 Å². The van der Waals surface area contributed by atoms with Crippen molar-refractivity contribution in [3.63, 3.8) is 0 Å². The molecule has 2 aromatic rings. The fourth-order valence-corrected chi connectivity index (χ4v) is 8.35. The van der Waals surface area contributed by atoms with E-state index in [0.717, 1.165) is 37.1 Å². The number of fused-ring (bicyclic) bond motifs is 2. The Hall–Kier alpha value is -2.33. The minimum atomic E-state index is -3.71. The summed E-state index contributed by atoms with van der Waals surface area (Å²) in [5.74, 6) is 0.402. The molecule has 9 nitrogen and oxygen atoms in total. The van der Waals surface area contributed by atoms with Crippen molar-refractivity contribution in [2.45, 2.75) is 48.3 Å². The Bertz CT molecular complexity index is 1360. The number of sulfone groups is 1. The van der Waals surface area contributed by atoms with E-state index in [4.69, 9.17) is 14.7 Å². The van der Waals surface area contributed by atoms with Gasteiger partial charge < -0.3 is 14.4 Å². The molecule has 38 heavy (non-hydrogen) atoms. The molecular weight excluding hydrogens is 526 g/mol. The molecule has 4 rings (SSSR count). The van der Waals surface area contributed by atoms with Crippen LogP contribution >= 0.6 is 0 Å². The van der Waals surface area contributed by atoms with Crippen LogP contribution in [-0.4, -0.2) is 67.4 Å². The summed E-state index contributed by atoms with van der Waals surface area (Å²) in [4.78, 5) is 2.71. The van der Waals surface area contributed by atoms with Crippen LogP contribution in [-0.2, 0) is 42.5 Å². The van der Waals surface area contributed by atoms with E-state index in [1.807, 2.05) is 6.07 Å². The molecule has 1 N–H and O–H groups in total. The van der Waals surface area contributed by atoms with Crippen molar-refractivity contribution in [3.8, 4) is 6.07 Å². The predicted molar refractivity (Wildman–Crippen MR) is 142 cm³/mol. The molecule has 0 spiro atoms. The SMILES string of the molecule is COCc1ccc(S(=O)(=O)NC2C3CCC2CN(CCCS(=O)(=O)c2ccc(C#N)cc2)C3)cc1COC. The highest BCUT2D eigenvalue weighted by atomic mass is 32.2. The van der Waals surface area contributed by atoms with Gasteiger partial charge in [-0.05, 0) is 85.2 Å². The Balaban J connectivity index is 1.35. The van der Waals surface area contributed by atoms with E-state index in [1.165, 1.54) is 24.3 Å². The summed E-state index contributed by atoms with van der Waals surface area (Å²) in [6.45, 7) is 2.80. The average Bonchev–Trinajstić information content (AvgIpc) is 3.11. The standard InChI is InChI=1S/C27H35N3O6S2/c1-35-18-23-8-11-26(14-24(23)19-36-2)38(33,34)29-27-21-6-7-22(27)17-30(16-21)12-3-13-37(31,32)25-9-4-20(15-28)5-10-25/h4-5,8-11,14,21-22,27,29H,3,6-7,12-13,16-19H2,1-2H3. The van der Waals surface area contributed by atoms with E-state index >= 15 is 0 Å². The zero-order valence-corrected chi connectivity index (χ0v) is 23.4. The topological polar surface area (TPSA) is 126 Å². The van der Waals surface area contributed by atoms with Crippen LogP contribution in [0.5, 0.6) is 0 Å². The van der Waals surface area contributed by atoms with Crippen molar-refractivity contribution in [1.29, 1.82) is 5.26 Å². The van der Waals surface area contributed by atoms with Gasteiger partial charge in [0.1, 0.15) is 0 Å². The molecule has 1 saturated heterocycles. The summed E-state index contributed by atoms with van der Waals surface area (Å²) in [5, 5.41) is 8.91. The predicted octanol–water partition coefficient (Wildman–Crippen LogP) is 2.70. The molecule has 1 aliphatic carbocycles. The smallest absolute Gasteiger partial charge is 0.240 e. The molecule has 2 unspecified atom stereocenters. The molecule has 2 aromatic carbocycles. The highest BCUT2D eigenvalue weighted by Gasteiger charge is 2.43. The molecule has 1 heterocycles. The Morgan fingerprint density at radius 3 is 2.13 bits per heavy atom. The van der Waals surface area contributed by atoms with E-state index in [-0.39, 0.29) is 33.4 Å². The number of piperidine rings is 1. The van der Waals surface area contributed by atoms with Gasteiger partial charge in [0.15, 0.2) is 9.84 Å². The first-order valence-corrected chi connectivity index (χ1v) is 15.9. The molecule has 1 saturated carbocycles. The lowest BCUT2D eigenvalue weighted by molar-refractivity contribution is 0.140. The number of methoxy groups -OCH3 is 2. The Morgan fingerprint density at radius 1 is 0.921 bits per heavy atom. The minimum absolute atomic E-state index is 0.0314. The third-order valence-electron chi connectivity index (χ3n) is 7.52. The van der Waals surface area contributed by atoms with Crippen molar-refractivity contribution in [1.82, 2.24) is 9.62 Å². The van der Waals surface area contributed by atoms with Crippen LogP contribution in [0.1, 0.15) is 36.0 Å². The summed E-state index contributed by atoms with van der Waals surface area (Å²) < 4.78 is 65.4. The molecule has 2 aliphatic rings. The first-order valence-electron chi connectivity index (χ1n) is 12.7. The normalized spacial score (nSPS) is 21.9. The Kier molecular flexibility index (Phi) is 9.23. The fraction of sp³-hybridized carbons (Fsp3) is 0.519. The number of ether oxygens (including phenoxy) is 2. The first-order chi connectivity index (χ1) is 18.2. The Labute approximate surface area is 225 Å². The summed E-state index contributed by atoms with van der Waals surface area (Å²) in [6.07, 6.45) is 2.38. The van der Waals surface area contributed by atoms with Crippen molar-refractivity contribution in [2.24, 2.45) is 11.8 Å². The number of hydrogen-bond donors (Lipinski definition) is 1. The number of sulfonamides is 1. The summed E-state index contributed by atoms with van der Waals surface area (Å²) >= 11 is 0. The van der Waals surface area contributed by atoms with Crippen LogP contribution < -0.4 is 4.72 Å². The molecule has 1 aliphatic heterocycles. The summed E-state index contributed by atoms with van der Waals surface area (Å²) in [7, 11) is -3.96. The molecule has 0 radical (unpaired) electrons. The maximum atomic E-state index is 13.3. The monoisotopic (exact) mass is 561 g/mol. The van der Waals surface area contributed by atoms with Crippen LogP contribution in [0.25, 0.3) is 0 Å². The van der Waals surface area contributed by atoms with Crippen molar-refractivity contribution in [3.05, 3.63) is 59.2 Å². The van der Waals surface area contributed by atoms with Gasteiger partial charge >= 0.3 is 0 Å². The molecule has 2 fully saturated rings. The molecule has 2 bridgehead atoms. The van der Waals surface area contributed by atoms with Crippen LogP contribution in [0.4, 0.5) is 0 Å². The molecule has 0 aromatic heterocycles. The molecule has 206 valence electrons. The fourth-order valence-electron chi connectivity index (χ4n) is 5.63. The number of rotatable bonds is 12. The number of nitrogens with one attached hydrogen (secondary N) is 1. The highest BCUT2D eigenvalue weighted by molar-refractivity contribution is 7.91. The van der Waals surface area contributed by atoms with Gasteiger partial charge in [0.05, 0.1) is 40.4 Å². The lowest BCUT2D eigenvalue weighted by Gasteiger charge is -2.38. The third kappa shape index (κ3) is 6.62. The number of benzene rings is 2. The summed E-state index contributed by atoms with van der Waals surface area (Å²) in [5.41, 5.74) is 2.10. The lowest BCUT2D eigenvalue weighted by Crippen LogP contribution is -2.52. The zero-order valence-electron chi connectivity index (χ0n) is 21.8. The number of hydrogen-bond acceptors (Lipinski definition) is 8. The van der Waals surface area contributed by atoms with Crippen LogP contribution in [0.2, 0.25) is 0 Å². The molecule has 11 heteroatoms. The minimum Gasteiger partial charge on any atom is -0.380 e. The number of likely N-dealkylation sites (tertiary alicyclic amines) is 1. The maximum Gasteiger partial charge on any atom is 0.240 e. The molecule has 0 amide bonds. The van der Waals surface area contributed by atoms with Crippen molar-refractivity contribution >= 4 is 19.9 Å². The van der Waals surface area contributed by atoms with E-state index in [2.05, 4.69) is 9.62 Å². The second-order valence-electron chi connectivity index (χ2n) is 10.1. The van der Waals surface area contributed by atoms with Gasteiger partial charge in [0.2, 0.25) is 10.0 Å². The van der Waals surface area contributed by atoms with E-state index in [0.29, 0.717) is 31.7 Å². The van der Waals surface area contributed by atoms with Crippen molar-refractivity contribution < 1.29 is 26.3 Å². The van der Waals surface area contributed by atoms with Crippen LogP contribution in [0.3, 0.4) is 0 Å².